The molecule has 3 amide bonds. The van der Waals surface area contributed by atoms with Crippen molar-refractivity contribution >= 4 is 51.4 Å². The Balaban J connectivity index is 0.777. The van der Waals surface area contributed by atoms with Crippen LogP contribution in [0.4, 0.5) is 30.2 Å². The van der Waals surface area contributed by atoms with Gasteiger partial charge in [0, 0.05) is 125 Å². The largest absolute Gasteiger partial charge is 0.386 e. The molecule has 0 unspecified atom stereocenters. The zero-order valence-electron chi connectivity index (χ0n) is 39.3. The Labute approximate surface area is 393 Å². The molecule has 0 aliphatic carbocycles. The highest BCUT2D eigenvalue weighted by molar-refractivity contribution is 6.01. The van der Waals surface area contributed by atoms with Crippen LogP contribution in [0.5, 0.6) is 0 Å². The summed E-state index contributed by atoms with van der Waals surface area (Å²) < 4.78 is 49.6. The maximum atomic E-state index is 16.1. The lowest BCUT2D eigenvalue weighted by Crippen LogP contribution is -2.54. The molecule has 3 atom stereocenters. The Morgan fingerprint density at radius 3 is 2.40 bits per heavy atom. The van der Waals surface area contributed by atoms with Gasteiger partial charge in [-0.2, -0.15) is 0 Å². The first kappa shape index (κ1) is 46.6. The van der Waals surface area contributed by atoms with E-state index in [0.29, 0.717) is 91.9 Å². The summed E-state index contributed by atoms with van der Waals surface area (Å²) in [5.41, 5.74) is 5.50. The van der Waals surface area contributed by atoms with Crippen LogP contribution in [0.2, 0.25) is 0 Å². The fourth-order valence-corrected chi connectivity index (χ4v) is 10.7. The van der Waals surface area contributed by atoms with Crippen LogP contribution in [0.15, 0.2) is 71.8 Å². The summed E-state index contributed by atoms with van der Waals surface area (Å²) in [6.07, 6.45) is 7.79. The number of likely N-dealkylation sites (tertiary alicyclic amines) is 1. The third-order valence-corrected chi connectivity index (χ3v) is 14.6. The minimum atomic E-state index is -0.582. The molecule has 3 fully saturated rings. The number of halogens is 3. The molecule has 2 aromatic carbocycles. The van der Waals surface area contributed by atoms with Gasteiger partial charge >= 0.3 is 0 Å². The molecular weight excluding hydrogens is 874 g/mol. The third kappa shape index (κ3) is 9.25. The van der Waals surface area contributed by atoms with Gasteiger partial charge in [-0.1, -0.05) is 6.08 Å². The van der Waals surface area contributed by atoms with Gasteiger partial charge in [-0.3, -0.25) is 38.9 Å². The summed E-state index contributed by atoms with van der Waals surface area (Å²) in [7, 11) is 3.50. The van der Waals surface area contributed by atoms with Crippen LogP contribution in [-0.4, -0.2) is 118 Å². The number of anilines is 3. The van der Waals surface area contributed by atoms with E-state index in [-0.39, 0.29) is 47.4 Å². The number of imide groups is 1. The average Bonchev–Trinajstić information content (AvgIpc) is 3.67. The lowest BCUT2D eigenvalue weighted by atomic mass is 9.92. The number of aryl methyl sites for hydroxylation is 2. The molecule has 9 rings (SSSR count). The van der Waals surface area contributed by atoms with Crippen LogP contribution >= 0.6 is 0 Å². The first-order valence-corrected chi connectivity index (χ1v) is 23.6. The van der Waals surface area contributed by atoms with Crippen LogP contribution in [0.25, 0.3) is 22.3 Å². The minimum Gasteiger partial charge on any atom is -0.386 e. The standard InChI is InChI=1S/C51H59F3N10O4/c1-30-22-35(51(68)61-16-11-33(12-17-61)28-62-20-21-63(27-31(62)2)44-8-6-36(24-38(44)52)57-41-7-9-46(65)58-50(41)67)23-39(53)48(30)34-13-18-60(19-14-34)32(3)45-25-37-43(10-15-56-49(37)59(45)5)64-29-40(54)42(55-4)26-47(64)66/h6,8,10,13,15,22-26,29,31-33,41,55,57H,7,9,11-12,14,16-21,27-28H2,1-5H3,(H,58,65,67)/t31-,32+,41+/m1/s1. The highest BCUT2D eigenvalue weighted by Gasteiger charge is 2.32. The molecule has 0 saturated carbocycles. The fraction of sp³-hybridized carbons (Fsp3) is 0.431. The Hall–Kier alpha value is -6.46. The number of nitrogens with zero attached hydrogens (tertiary/aromatic N) is 7. The second-order valence-corrected chi connectivity index (χ2v) is 18.8. The van der Waals surface area contributed by atoms with Gasteiger partial charge in [-0.25, -0.2) is 18.2 Å². The zero-order chi connectivity index (χ0) is 48.0. The summed E-state index contributed by atoms with van der Waals surface area (Å²) in [5, 5.41) is 8.81. The van der Waals surface area contributed by atoms with Gasteiger partial charge in [0.2, 0.25) is 11.8 Å². The van der Waals surface area contributed by atoms with Crippen molar-refractivity contribution in [3.63, 3.8) is 0 Å². The summed E-state index contributed by atoms with van der Waals surface area (Å²) in [5.74, 6) is -1.76. The molecule has 5 aromatic rings. The van der Waals surface area contributed by atoms with E-state index in [1.807, 2.05) is 35.6 Å². The van der Waals surface area contributed by atoms with E-state index in [4.69, 9.17) is 0 Å². The molecule has 17 heteroatoms. The highest BCUT2D eigenvalue weighted by atomic mass is 19.1. The molecule has 7 heterocycles. The minimum absolute atomic E-state index is 0.0520. The van der Waals surface area contributed by atoms with Crippen molar-refractivity contribution in [2.45, 2.75) is 71.0 Å². The number of piperidine rings is 2. The molecular formula is C51H59F3N10O4. The first-order chi connectivity index (χ1) is 32.7. The van der Waals surface area contributed by atoms with Gasteiger partial charge in [-0.05, 0) is 106 Å². The molecule has 4 aliphatic rings. The monoisotopic (exact) mass is 932 g/mol. The maximum Gasteiger partial charge on any atom is 0.257 e. The van der Waals surface area contributed by atoms with Gasteiger partial charge in [0.05, 0.1) is 23.3 Å². The van der Waals surface area contributed by atoms with E-state index < -0.39 is 23.6 Å². The Kier molecular flexibility index (Phi) is 13.2. The highest BCUT2D eigenvalue weighted by Crippen LogP contribution is 2.35. The number of piperazine rings is 1. The number of amides is 3. The van der Waals surface area contributed by atoms with E-state index >= 15 is 8.78 Å². The van der Waals surface area contributed by atoms with Crippen molar-refractivity contribution in [1.29, 1.82) is 0 Å². The molecule has 358 valence electrons. The van der Waals surface area contributed by atoms with E-state index in [9.17, 15) is 23.6 Å². The van der Waals surface area contributed by atoms with Gasteiger partial charge in [0.25, 0.3) is 11.5 Å². The predicted molar refractivity (Wildman–Crippen MR) is 258 cm³/mol. The molecule has 3 N–H and O–H groups in total. The number of benzene rings is 2. The number of hydrogen-bond acceptors (Lipinski definition) is 10. The summed E-state index contributed by atoms with van der Waals surface area (Å²) in [4.78, 5) is 63.7. The van der Waals surface area contributed by atoms with Crippen LogP contribution in [0.3, 0.4) is 0 Å². The molecule has 4 aliphatic heterocycles. The summed E-state index contributed by atoms with van der Waals surface area (Å²) in [6.45, 7) is 11.6. The van der Waals surface area contributed by atoms with Crippen molar-refractivity contribution in [2.75, 3.05) is 74.9 Å². The van der Waals surface area contributed by atoms with Crippen molar-refractivity contribution in [3.8, 4) is 5.69 Å². The number of aromatic nitrogens is 3. The van der Waals surface area contributed by atoms with Crippen molar-refractivity contribution in [1.82, 2.24) is 34.1 Å². The lowest BCUT2D eigenvalue weighted by Gasteiger charge is -2.43. The van der Waals surface area contributed by atoms with Crippen LogP contribution in [0.1, 0.15) is 79.2 Å². The van der Waals surface area contributed by atoms with E-state index in [0.717, 1.165) is 48.1 Å². The smallest absolute Gasteiger partial charge is 0.257 e. The predicted octanol–water partition coefficient (Wildman–Crippen LogP) is 6.62. The van der Waals surface area contributed by atoms with E-state index in [1.54, 1.807) is 31.4 Å². The molecule has 3 aromatic heterocycles. The maximum absolute atomic E-state index is 16.1. The number of fused-ring (bicyclic) bond motifs is 1. The lowest BCUT2D eigenvalue weighted by molar-refractivity contribution is -0.133. The van der Waals surface area contributed by atoms with Crippen LogP contribution in [0, 0.1) is 30.3 Å². The van der Waals surface area contributed by atoms with Gasteiger partial charge in [0.1, 0.15) is 23.3 Å². The number of carbonyl (C=O) groups is 3. The van der Waals surface area contributed by atoms with Crippen molar-refractivity contribution in [2.24, 2.45) is 13.0 Å². The topological polar surface area (TPSA) is 140 Å². The number of pyridine rings is 2. The van der Waals surface area contributed by atoms with Crippen LogP contribution in [-0.2, 0) is 16.6 Å². The van der Waals surface area contributed by atoms with Crippen LogP contribution < -0.4 is 26.4 Å². The van der Waals surface area contributed by atoms with Gasteiger partial charge in [-0.15, -0.1) is 0 Å². The molecule has 3 saturated heterocycles. The molecule has 14 nitrogen and oxygen atoms in total. The van der Waals surface area contributed by atoms with Gasteiger partial charge in [0.15, 0.2) is 5.82 Å². The normalized spacial score (nSPS) is 20.4. The zero-order valence-corrected chi connectivity index (χ0v) is 39.3. The van der Waals surface area contributed by atoms with Gasteiger partial charge < -0.3 is 25.0 Å². The number of hydrogen-bond donors (Lipinski definition) is 3. The van der Waals surface area contributed by atoms with E-state index in [1.165, 1.54) is 29.0 Å². The molecule has 68 heavy (non-hydrogen) atoms. The molecule has 0 radical (unpaired) electrons. The molecule has 0 spiro atoms. The summed E-state index contributed by atoms with van der Waals surface area (Å²) in [6, 6.07) is 12.6. The number of rotatable bonds is 11. The summed E-state index contributed by atoms with van der Waals surface area (Å²) >= 11 is 0. The second-order valence-electron chi connectivity index (χ2n) is 18.8. The first-order valence-electron chi connectivity index (χ1n) is 23.6. The number of carbonyl (C=O) groups excluding carboxylic acids is 3. The Bertz CT molecular complexity index is 2850. The third-order valence-electron chi connectivity index (χ3n) is 14.6. The molecule has 0 bridgehead atoms. The Morgan fingerprint density at radius 1 is 0.912 bits per heavy atom. The quantitative estimate of drug-likeness (QED) is 0.124. The second kappa shape index (κ2) is 19.3. The van der Waals surface area contributed by atoms with Crippen molar-refractivity contribution < 1.29 is 27.6 Å². The number of nitrogens with one attached hydrogen (secondary N) is 3. The van der Waals surface area contributed by atoms with Crippen molar-refractivity contribution in [3.05, 3.63) is 117 Å². The SMILES string of the molecule is CNc1cc(=O)n(-c2ccnc3c2cc([C@H](C)N2CC=C(c4c(C)cc(C(=O)N5CCC(CN6CCN(c7ccc(N[C@H]8CCC(=O)NC8=O)cc7F)C[C@H]6C)CC5)cc4F)CC2)n3C)cc1F. The fourth-order valence-electron chi connectivity index (χ4n) is 10.7. The Morgan fingerprint density at radius 2 is 1.71 bits per heavy atom. The van der Waals surface area contributed by atoms with E-state index in [2.05, 4.69) is 55.6 Å². The average molecular weight is 933 g/mol.